The molecule has 3 nitrogen and oxygen atoms in total. The largest absolute Gasteiger partial charge is 0.466 e. The highest BCUT2D eigenvalue weighted by atomic mass is 16.3. The number of rotatable bonds is 3. The van der Waals surface area contributed by atoms with Crippen molar-refractivity contribution in [2.24, 2.45) is 0 Å². The highest BCUT2D eigenvalue weighted by Gasteiger charge is 2.10. The Balaban J connectivity index is 2.05. The lowest BCUT2D eigenvalue weighted by Crippen LogP contribution is -2.23. The lowest BCUT2D eigenvalue weighted by Gasteiger charge is -2.06. The van der Waals surface area contributed by atoms with Gasteiger partial charge < -0.3 is 9.73 Å². The molecule has 0 unspecified atom stereocenters. The van der Waals surface area contributed by atoms with Gasteiger partial charge in [0, 0.05) is 17.7 Å². The quantitative estimate of drug-likeness (QED) is 0.899. The van der Waals surface area contributed by atoms with E-state index in [2.05, 4.69) is 5.32 Å². The van der Waals surface area contributed by atoms with Crippen LogP contribution in [0, 0.1) is 20.8 Å². The maximum absolute atomic E-state index is 12.0. The highest BCUT2D eigenvalue weighted by Crippen LogP contribution is 2.14. The summed E-state index contributed by atoms with van der Waals surface area (Å²) in [5.41, 5.74) is 2.72. The molecule has 1 N–H and O–H groups in total. The number of benzene rings is 1. The van der Waals surface area contributed by atoms with Gasteiger partial charge in [0.05, 0.1) is 0 Å². The SMILES string of the molecule is Cc1cc(CNC(=O)c2ccccc2C)c(C)o1. The molecule has 1 heterocycles. The van der Waals surface area contributed by atoms with E-state index in [1.54, 1.807) is 0 Å². The second-order valence-corrected chi connectivity index (χ2v) is 4.44. The summed E-state index contributed by atoms with van der Waals surface area (Å²) >= 11 is 0. The smallest absolute Gasteiger partial charge is 0.251 e. The molecule has 18 heavy (non-hydrogen) atoms. The minimum Gasteiger partial charge on any atom is -0.466 e. The molecule has 0 spiro atoms. The molecule has 0 atom stereocenters. The predicted molar refractivity (Wildman–Crippen MR) is 70.5 cm³/mol. The zero-order chi connectivity index (χ0) is 13.1. The van der Waals surface area contributed by atoms with Crippen molar-refractivity contribution in [1.82, 2.24) is 5.32 Å². The van der Waals surface area contributed by atoms with Gasteiger partial charge in [0.2, 0.25) is 0 Å². The first-order chi connectivity index (χ1) is 8.58. The van der Waals surface area contributed by atoms with Crippen molar-refractivity contribution >= 4 is 5.91 Å². The van der Waals surface area contributed by atoms with Crippen LogP contribution in [0.1, 0.15) is 33.0 Å². The van der Waals surface area contributed by atoms with Crippen LogP contribution in [0.4, 0.5) is 0 Å². The van der Waals surface area contributed by atoms with Crippen LogP contribution in [0.25, 0.3) is 0 Å². The molecule has 3 heteroatoms. The Morgan fingerprint density at radius 1 is 1.22 bits per heavy atom. The number of amides is 1. The van der Waals surface area contributed by atoms with Crippen LogP contribution in [0.3, 0.4) is 0 Å². The maximum Gasteiger partial charge on any atom is 0.251 e. The van der Waals surface area contributed by atoms with Crippen LogP contribution in [-0.2, 0) is 6.54 Å². The Labute approximate surface area is 107 Å². The van der Waals surface area contributed by atoms with Crippen LogP contribution < -0.4 is 5.32 Å². The van der Waals surface area contributed by atoms with Gasteiger partial charge in [-0.25, -0.2) is 0 Å². The van der Waals surface area contributed by atoms with Crippen LogP contribution in [0.5, 0.6) is 0 Å². The molecule has 94 valence electrons. The van der Waals surface area contributed by atoms with Gasteiger partial charge >= 0.3 is 0 Å². The van der Waals surface area contributed by atoms with Crippen LogP contribution >= 0.6 is 0 Å². The van der Waals surface area contributed by atoms with Crippen molar-refractivity contribution in [2.45, 2.75) is 27.3 Å². The van der Waals surface area contributed by atoms with Gasteiger partial charge in [-0.1, -0.05) is 18.2 Å². The van der Waals surface area contributed by atoms with Gasteiger partial charge in [-0.15, -0.1) is 0 Å². The Bertz CT molecular complexity index is 570. The van der Waals surface area contributed by atoms with Crippen LogP contribution in [-0.4, -0.2) is 5.91 Å². The molecule has 0 fully saturated rings. The standard InChI is InChI=1S/C15H17NO2/c1-10-6-4-5-7-14(10)15(17)16-9-13-8-11(2)18-12(13)3/h4-8H,9H2,1-3H3,(H,16,17). The van der Waals surface area contributed by atoms with E-state index in [0.717, 1.165) is 28.2 Å². The Morgan fingerprint density at radius 2 is 1.94 bits per heavy atom. The first-order valence-electron chi connectivity index (χ1n) is 5.97. The molecule has 0 aliphatic heterocycles. The third-order valence-electron chi connectivity index (χ3n) is 2.97. The van der Waals surface area contributed by atoms with Crippen molar-refractivity contribution in [3.05, 3.63) is 58.5 Å². The lowest BCUT2D eigenvalue weighted by atomic mass is 10.1. The summed E-state index contributed by atoms with van der Waals surface area (Å²) in [6, 6.07) is 9.51. The van der Waals surface area contributed by atoms with Crippen molar-refractivity contribution in [3.8, 4) is 0 Å². The zero-order valence-corrected chi connectivity index (χ0v) is 10.9. The molecule has 2 rings (SSSR count). The molecule has 0 bridgehead atoms. The van der Waals surface area contributed by atoms with Gasteiger partial charge in [-0.2, -0.15) is 0 Å². The first kappa shape index (κ1) is 12.4. The van der Waals surface area contributed by atoms with E-state index in [-0.39, 0.29) is 5.91 Å². The number of carbonyl (C=O) groups is 1. The number of furan rings is 1. The average molecular weight is 243 g/mol. The summed E-state index contributed by atoms with van der Waals surface area (Å²) in [5.74, 6) is 1.68. The number of hydrogen-bond donors (Lipinski definition) is 1. The summed E-state index contributed by atoms with van der Waals surface area (Å²) in [5, 5.41) is 2.91. The van der Waals surface area contributed by atoms with Gasteiger partial charge in [0.1, 0.15) is 11.5 Å². The molecular formula is C15H17NO2. The molecule has 1 aromatic heterocycles. The average Bonchev–Trinajstić information content (AvgIpc) is 2.65. The Hall–Kier alpha value is -2.03. The second kappa shape index (κ2) is 5.08. The van der Waals surface area contributed by atoms with Gasteiger partial charge in [-0.05, 0) is 38.5 Å². The van der Waals surface area contributed by atoms with Crippen molar-refractivity contribution in [2.75, 3.05) is 0 Å². The summed E-state index contributed by atoms with van der Waals surface area (Å²) in [7, 11) is 0. The van der Waals surface area contributed by atoms with E-state index < -0.39 is 0 Å². The summed E-state index contributed by atoms with van der Waals surface area (Å²) in [6.07, 6.45) is 0. The second-order valence-electron chi connectivity index (χ2n) is 4.44. The normalized spacial score (nSPS) is 10.4. The molecular weight excluding hydrogens is 226 g/mol. The van der Waals surface area contributed by atoms with Gasteiger partial charge in [0.15, 0.2) is 0 Å². The number of carbonyl (C=O) groups excluding carboxylic acids is 1. The third-order valence-corrected chi connectivity index (χ3v) is 2.97. The molecule has 0 saturated carbocycles. The number of nitrogens with one attached hydrogen (secondary N) is 1. The van der Waals surface area contributed by atoms with E-state index in [0.29, 0.717) is 6.54 Å². The molecule has 0 saturated heterocycles. The van der Waals surface area contributed by atoms with Crippen molar-refractivity contribution in [1.29, 1.82) is 0 Å². The Kier molecular flexibility index (Phi) is 3.51. The molecule has 0 aliphatic rings. The summed E-state index contributed by atoms with van der Waals surface area (Å²) in [6.45, 7) is 6.24. The van der Waals surface area contributed by atoms with Crippen LogP contribution in [0.2, 0.25) is 0 Å². The highest BCUT2D eigenvalue weighted by molar-refractivity contribution is 5.95. The van der Waals surface area contributed by atoms with Crippen molar-refractivity contribution < 1.29 is 9.21 Å². The Morgan fingerprint density at radius 3 is 2.56 bits per heavy atom. The van der Waals surface area contributed by atoms with E-state index in [9.17, 15) is 4.79 Å². The maximum atomic E-state index is 12.0. The molecule has 0 radical (unpaired) electrons. The fourth-order valence-corrected chi connectivity index (χ4v) is 1.96. The van der Waals surface area contributed by atoms with Crippen molar-refractivity contribution in [3.63, 3.8) is 0 Å². The van der Waals surface area contributed by atoms with E-state index in [4.69, 9.17) is 4.42 Å². The summed E-state index contributed by atoms with van der Waals surface area (Å²) in [4.78, 5) is 12.0. The predicted octanol–water partition coefficient (Wildman–Crippen LogP) is 3.13. The monoisotopic (exact) mass is 243 g/mol. The van der Waals surface area contributed by atoms with Crippen LogP contribution in [0.15, 0.2) is 34.7 Å². The fourth-order valence-electron chi connectivity index (χ4n) is 1.96. The van der Waals surface area contributed by atoms with Gasteiger partial charge in [0.25, 0.3) is 5.91 Å². The lowest BCUT2D eigenvalue weighted by molar-refractivity contribution is 0.0950. The van der Waals surface area contributed by atoms with E-state index >= 15 is 0 Å². The molecule has 1 aromatic carbocycles. The first-order valence-corrected chi connectivity index (χ1v) is 5.97. The van der Waals surface area contributed by atoms with E-state index in [1.807, 2.05) is 51.1 Å². The third kappa shape index (κ3) is 2.62. The topological polar surface area (TPSA) is 42.2 Å². The summed E-state index contributed by atoms with van der Waals surface area (Å²) < 4.78 is 5.42. The minimum atomic E-state index is -0.0497. The van der Waals surface area contributed by atoms with Gasteiger partial charge in [-0.3, -0.25) is 4.79 Å². The molecule has 1 amide bonds. The molecule has 2 aromatic rings. The van der Waals surface area contributed by atoms with E-state index in [1.165, 1.54) is 0 Å². The zero-order valence-electron chi connectivity index (χ0n) is 10.9. The molecule has 0 aliphatic carbocycles. The minimum absolute atomic E-state index is 0.0497. The number of aryl methyl sites for hydroxylation is 3. The number of hydrogen-bond acceptors (Lipinski definition) is 2. The fraction of sp³-hybridized carbons (Fsp3) is 0.267.